The third-order valence-electron chi connectivity index (χ3n) is 3.74. The van der Waals surface area contributed by atoms with Crippen molar-refractivity contribution in [2.45, 2.75) is 31.1 Å². The fraction of sp³-hybridized carbons (Fsp3) is 0.235. The van der Waals surface area contributed by atoms with Crippen LogP contribution < -0.4 is 5.32 Å². The Labute approximate surface area is 136 Å². The normalized spacial score (nSPS) is 12.7. The van der Waals surface area contributed by atoms with Crippen LogP contribution in [-0.2, 0) is 10.1 Å². The molecule has 0 aliphatic heterocycles. The second kappa shape index (κ2) is 6.93. The lowest BCUT2D eigenvalue weighted by Crippen LogP contribution is -2.12. The monoisotopic (exact) mass is 333 g/mol. The standard InChI is InChI=1S/C17H19NO4S/c1-3-12(2)13-7-9-14(10-8-13)17(19)18-15-5-4-6-16(11-15)23(20,21)22/h4-12H,3H2,1-2H3,(H,18,19)(H,20,21,22). The molecule has 0 bridgehead atoms. The van der Waals surface area contributed by atoms with Crippen LogP contribution in [-0.4, -0.2) is 18.9 Å². The Hall–Kier alpha value is -2.18. The van der Waals surface area contributed by atoms with E-state index in [9.17, 15) is 13.2 Å². The van der Waals surface area contributed by atoms with Gasteiger partial charge in [0.25, 0.3) is 16.0 Å². The molecule has 6 heteroatoms. The second-order valence-electron chi connectivity index (χ2n) is 5.39. The van der Waals surface area contributed by atoms with Crippen molar-refractivity contribution in [1.29, 1.82) is 0 Å². The molecule has 1 amide bonds. The number of anilines is 1. The molecule has 2 N–H and O–H groups in total. The molecule has 0 radical (unpaired) electrons. The van der Waals surface area contributed by atoms with Crippen LogP contribution in [0.15, 0.2) is 53.4 Å². The quantitative estimate of drug-likeness (QED) is 0.817. The van der Waals surface area contributed by atoms with Crippen LogP contribution in [0.2, 0.25) is 0 Å². The number of carbonyl (C=O) groups is 1. The fourth-order valence-electron chi connectivity index (χ4n) is 2.14. The van der Waals surface area contributed by atoms with Crippen LogP contribution in [0.3, 0.4) is 0 Å². The van der Waals surface area contributed by atoms with Crippen LogP contribution in [0.4, 0.5) is 5.69 Å². The van der Waals surface area contributed by atoms with Crippen LogP contribution in [0.5, 0.6) is 0 Å². The summed E-state index contributed by atoms with van der Waals surface area (Å²) in [4.78, 5) is 11.9. The number of hydrogen-bond donors (Lipinski definition) is 2. The molecule has 0 aliphatic rings. The minimum atomic E-state index is -4.30. The van der Waals surface area contributed by atoms with Gasteiger partial charge in [0.2, 0.25) is 0 Å². The number of benzene rings is 2. The van der Waals surface area contributed by atoms with Gasteiger partial charge in [0.1, 0.15) is 0 Å². The fourth-order valence-corrected chi connectivity index (χ4v) is 2.66. The van der Waals surface area contributed by atoms with E-state index in [2.05, 4.69) is 19.2 Å². The highest BCUT2D eigenvalue weighted by atomic mass is 32.2. The molecule has 0 heterocycles. The number of carbonyl (C=O) groups excluding carboxylic acids is 1. The zero-order chi connectivity index (χ0) is 17.0. The van der Waals surface area contributed by atoms with Crippen molar-refractivity contribution >= 4 is 21.7 Å². The molecule has 2 rings (SSSR count). The Bertz CT molecular complexity index is 798. The molecule has 0 fully saturated rings. The smallest absolute Gasteiger partial charge is 0.294 e. The first kappa shape index (κ1) is 17.2. The number of rotatable bonds is 5. The lowest BCUT2D eigenvalue weighted by Gasteiger charge is -2.10. The SMILES string of the molecule is CCC(C)c1ccc(C(=O)Nc2cccc(S(=O)(=O)O)c2)cc1. The molecule has 0 aromatic heterocycles. The van der Waals surface area contributed by atoms with Crippen molar-refractivity contribution in [3.8, 4) is 0 Å². The summed E-state index contributed by atoms with van der Waals surface area (Å²) in [6, 6.07) is 12.8. The van der Waals surface area contributed by atoms with Gasteiger partial charge in [-0.2, -0.15) is 8.42 Å². The maximum absolute atomic E-state index is 12.2. The van der Waals surface area contributed by atoms with Gasteiger partial charge in [-0.1, -0.05) is 32.0 Å². The van der Waals surface area contributed by atoms with Gasteiger partial charge in [0.05, 0.1) is 4.90 Å². The summed E-state index contributed by atoms with van der Waals surface area (Å²) in [5.74, 6) is 0.0896. The van der Waals surface area contributed by atoms with Gasteiger partial charge < -0.3 is 5.32 Å². The molecule has 122 valence electrons. The van der Waals surface area contributed by atoms with Gasteiger partial charge in [-0.05, 0) is 48.2 Å². The first-order valence-electron chi connectivity index (χ1n) is 7.30. The Balaban J connectivity index is 2.16. The zero-order valence-electron chi connectivity index (χ0n) is 13.0. The van der Waals surface area contributed by atoms with E-state index in [-0.39, 0.29) is 10.8 Å². The van der Waals surface area contributed by atoms with Gasteiger partial charge >= 0.3 is 0 Å². The molecule has 2 aromatic rings. The van der Waals surface area contributed by atoms with E-state index in [4.69, 9.17) is 4.55 Å². The summed E-state index contributed by atoms with van der Waals surface area (Å²) in [5, 5.41) is 2.62. The molecular formula is C17H19NO4S. The first-order valence-corrected chi connectivity index (χ1v) is 8.74. The van der Waals surface area contributed by atoms with Crippen molar-refractivity contribution in [2.24, 2.45) is 0 Å². The topological polar surface area (TPSA) is 83.5 Å². The van der Waals surface area contributed by atoms with Gasteiger partial charge in [-0.3, -0.25) is 9.35 Å². The lowest BCUT2D eigenvalue weighted by molar-refractivity contribution is 0.102. The molecule has 5 nitrogen and oxygen atoms in total. The molecule has 0 saturated carbocycles. The highest BCUT2D eigenvalue weighted by Crippen LogP contribution is 2.20. The average Bonchev–Trinajstić information content (AvgIpc) is 2.53. The highest BCUT2D eigenvalue weighted by molar-refractivity contribution is 7.85. The minimum Gasteiger partial charge on any atom is -0.322 e. The molecule has 23 heavy (non-hydrogen) atoms. The van der Waals surface area contributed by atoms with E-state index in [1.54, 1.807) is 18.2 Å². The molecule has 0 saturated heterocycles. The largest absolute Gasteiger partial charge is 0.322 e. The average molecular weight is 333 g/mol. The molecule has 2 aromatic carbocycles. The van der Waals surface area contributed by atoms with Crippen molar-refractivity contribution < 1.29 is 17.8 Å². The highest BCUT2D eigenvalue weighted by Gasteiger charge is 2.12. The molecule has 0 spiro atoms. The zero-order valence-corrected chi connectivity index (χ0v) is 13.8. The molecule has 1 atom stereocenters. The van der Waals surface area contributed by atoms with E-state index in [0.29, 0.717) is 17.2 Å². The summed E-state index contributed by atoms with van der Waals surface area (Å²) in [6.45, 7) is 4.23. The third kappa shape index (κ3) is 4.40. The Kier molecular flexibility index (Phi) is 5.18. The van der Waals surface area contributed by atoms with E-state index >= 15 is 0 Å². The van der Waals surface area contributed by atoms with Crippen LogP contribution in [0, 0.1) is 0 Å². The van der Waals surface area contributed by atoms with Gasteiger partial charge in [0.15, 0.2) is 0 Å². The van der Waals surface area contributed by atoms with Crippen molar-refractivity contribution in [3.05, 3.63) is 59.7 Å². The summed E-state index contributed by atoms with van der Waals surface area (Å²) >= 11 is 0. The number of amides is 1. The van der Waals surface area contributed by atoms with Crippen molar-refractivity contribution in [3.63, 3.8) is 0 Å². The van der Waals surface area contributed by atoms with E-state index < -0.39 is 10.1 Å². The van der Waals surface area contributed by atoms with Gasteiger partial charge in [-0.25, -0.2) is 0 Å². The Morgan fingerprint density at radius 1 is 1.17 bits per heavy atom. The maximum Gasteiger partial charge on any atom is 0.294 e. The summed E-state index contributed by atoms with van der Waals surface area (Å²) in [5.41, 5.74) is 1.95. The lowest BCUT2D eigenvalue weighted by atomic mass is 9.97. The van der Waals surface area contributed by atoms with E-state index in [1.807, 2.05) is 12.1 Å². The van der Waals surface area contributed by atoms with Crippen LogP contribution in [0.1, 0.15) is 42.1 Å². The predicted molar refractivity (Wildman–Crippen MR) is 89.4 cm³/mol. The van der Waals surface area contributed by atoms with Gasteiger partial charge in [-0.15, -0.1) is 0 Å². The van der Waals surface area contributed by atoms with E-state index in [1.165, 1.54) is 18.2 Å². The number of nitrogens with one attached hydrogen (secondary N) is 1. The minimum absolute atomic E-state index is 0.262. The van der Waals surface area contributed by atoms with Crippen LogP contribution >= 0.6 is 0 Å². The molecule has 0 aliphatic carbocycles. The Morgan fingerprint density at radius 3 is 2.39 bits per heavy atom. The van der Waals surface area contributed by atoms with Crippen molar-refractivity contribution in [2.75, 3.05) is 5.32 Å². The molecular weight excluding hydrogens is 314 g/mol. The predicted octanol–water partition coefficient (Wildman–Crippen LogP) is 3.70. The van der Waals surface area contributed by atoms with E-state index in [0.717, 1.165) is 12.0 Å². The Morgan fingerprint density at radius 2 is 1.83 bits per heavy atom. The number of hydrogen-bond acceptors (Lipinski definition) is 3. The van der Waals surface area contributed by atoms with Gasteiger partial charge in [0, 0.05) is 11.3 Å². The summed E-state index contributed by atoms with van der Waals surface area (Å²) in [7, 11) is -4.30. The second-order valence-corrected chi connectivity index (χ2v) is 6.81. The third-order valence-corrected chi connectivity index (χ3v) is 4.59. The maximum atomic E-state index is 12.2. The van der Waals surface area contributed by atoms with Crippen LogP contribution in [0.25, 0.3) is 0 Å². The van der Waals surface area contributed by atoms with Crippen molar-refractivity contribution in [1.82, 2.24) is 0 Å². The summed E-state index contributed by atoms with van der Waals surface area (Å²) < 4.78 is 31.3. The first-order chi connectivity index (χ1) is 10.8. The molecule has 1 unspecified atom stereocenters. The summed E-state index contributed by atoms with van der Waals surface area (Å²) in [6.07, 6.45) is 1.02.